The molecule has 0 aliphatic rings. The summed E-state index contributed by atoms with van der Waals surface area (Å²) in [5.74, 6) is -1.78. The van der Waals surface area contributed by atoms with Crippen LogP contribution in [-0.2, 0) is 9.59 Å². The highest BCUT2D eigenvalue weighted by atomic mass is 16.2. The van der Waals surface area contributed by atoms with Crippen LogP contribution in [0.3, 0.4) is 0 Å². The lowest BCUT2D eigenvalue weighted by atomic mass is 10.2. The van der Waals surface area contributed by atoms with E-state index in [-0.39, 0.29) is 0 Å². The van der Waals surface area contributed by atoms with E-state index in [0.717, 1.165) is 11.1 Å². The van der Waals surface area contributed by atoms with Crippen LogP contribution in [0.2, 0.25) is 0 Å². The van der Waals surface area contributed by atoms with Crippen molar-refractivity contribution < 1.29 is 9.59 Å². The van der Waals surface area contributed by atoms with E-state index in [1.54, 1.807) is 0 Å². The Morgan fingerprint density at radius 1 is 0.682 bits per heavy atom. The minimum atomic E-state index is -0.891. The first-order valence-electron chi connectivity index (χ1n) is 6.52. The number of nitrogens with one attached hydrogen (secondary N) is 2. The SMILES string of the molecule is O=C(N/N=C\c1ccccc1)C(=O)N/N=C\c1ccccc1. The molecule has 22 heavy (non-hydrogen) atoms. The second kappa shape index (κ2) is 8.11. The summed E-state index contributed by atoms with van der Waals surface area (Å²) in [4.78, 5) is 22.9. The van der Waals surface area contributed by atoms with Gasteiger partial charge in [0.2, 0.25) is 0 Å². The summed E-state index contributed by atoms with van der Waals surface area (Å²) in [5.41, 5.74) is 5.87. The van der Waals surface area contributed by atoms with E-state index in [1.165, 1.54) is 12.4 Å². The second-order valence-corrected chi connectivity index (χ2v) is 4.22. The fourth-order valence-electron chi connectivity index (χ4n) is 1.51. The number of hydrogen-bond acceptors (Lipinski definition) is 4. The lowest BCUT2D eigenvalue weighted by Gasteiger charge is -1.98. The molecule has 0 spiro atoms. The van der Waals surface area contributed by atoms with Crippen molar-refractivity contribution in [3.05, 3.63) is 71.8 Å². The molecular formula is C16H14N4O2. The quantitative estimate of drug-likeness (QED) is 0.506. The Bertz CT molecular complexity index is 620. The highest BCUT2D eigenvalue weighted by Gasteiger charge is 2.10. The first-order chi connectivity index (χ1) is 10.8. The van der Waals surface area contributed by atoms with Crippen molar-refractivity contribution in [1.29, 1.82) is 0 Å². The van der Waals surface area contributed by atoms with Gasteiger partial charge in [-0.2, -0.15) is 10.2 Å². The zero-order valence-electron chi connectivity index (χ0n) is 11.6. The molecule has 2 amide bonds. The molecule has 0 unspecified atom stereocenters. The Balaban J connectivity index is 1.79. The largest absolute Gasteiger partial charge is 0.331 e. The van der Waals surface area contributed by atoms with E-state index in [4.69, 9.17) is 0 Å². The number of rotatable bonds is 4. The van der Waals surface area contributed by atoms with Crippen LogP contribution in [0, 0.1) is 0 Å². The predicted molar refractivity (Wildman–Crippen MR) is 84.4 cm³/mol. The van der Waals surface area contributed by atoms with Crippen molar-refractivity contribution in [2.75, 3.05) is 0 Å². The number of hydrogen-bond donors (Lipinski definition) is 2. The second-order valence-electron chi connectivity index (χ2n) is 4.22. The highest BCUT2D eigenvalue weighted by Crippen LogP contribution is 1.94. The summed E-state index contributed by atoms with van der Waals surface area (Å²) in [5, 5.41) is 7.38. The lowest BCUT2D eigenvalue weighted by molar-refractivity contribution is -0.139. The van der Waals surface area contributed by atoms with Gasteiger partial charge in [0, 0.05) is 0 Å². The standard InChI is InChI=1S/C16H14N4O2/c21-15(19-17-11-13-7-3-1-4-8-13)16(22)20-18-12-14-9-5-2-6-10-14/h1-12H,(H,19,21)(H,20,22)/b17-11-,18-12-. The van der Waals surface area contributed by atoms with Crippen molar-refractivity contribution in [2.45, 2.75) is 0 Å². The number of benzene rings is 2. The van der Waals surface area contributed by atoms with Crippen LogP contribution in [0.1, 0.15) is 11.1 Å². The fraction of sp³-hybridized carbons (Fsp3) is 0. The van der Waals surface area contributed by atoms with E-state index in [9.17, 15) is 9.59 Å². The van der Waals surface area contributed by atoms with E-state index in [2.05, 4.69) is 21.1 Å². The van der Waals surface area contributed by atoms with Crippen LogP contribution >= 0.6 is 0 Å². The van der Waals surface area contributed by atoms with Crippen molar-refractivity contribution in [3.63, 3.8) is 0 Å². The van der Waals surface area contributed by atoms with Crippen LogP contribution in [0.4, 0.5) is 0 Å². The molecule has 0 saturated heterocycles. The third-order valence-corrected chi connectivity index (χ3v) is 2.56. The van der Waals surface area contributed by atoms with Crippen molar-refractivity contribution in [2.24, 2.45) is 10.2 Å². The van der Waals surface area contributed by atoms with Gasteiger partial charge in [0.1, 0.15) is 0 Å². The molecule has 0 saturated carbocycles. The van der Waals surface area contributed by atoms with Crippen LogP contribution in [0.5, 0.6) is 0 Å². The van der Waals surface area contributed by atoms with E-state index >= 15 is 0 Å². The molecular weight excluding hydrogens is 280 g/mol. The number of amides is 2. The number of carbonyl (C=O) groups excluding carboxylic acids is 2. The maximum absolute atomic E-state index is 11.5. The maximum atomic E-state index is 11.5. The minimum absolute atomic E-state index is 0.810. The predicted octanol–water partition coefficient (Wildman–Crippen LogP) is 1.29. The van der Waals surface area contributed by atoms with Gasteiger partial charge in [-0.15, -0.1) is 0 Å². The van der Waals surface area contributed by atoms with Gasteiger partial charge in [0.25, 0.3) is 0 Å². The average Bonchev–Trinajstić information content (AvgIpc) is 2.56. The Morgan fingerprint density at radius 2 is 1.05 bits per heavy atom. The van der Waals surface area contributed by atoms with E-state index < -0.39 is 11.8 Å². The molecule has 2 aromatic rings. The van der Waals surface area contributed by atoms with Gasteiger partial charge in [-0.25, -0.2) is 10.9 Å². The molecule has 0 aromatic heterocycles. The first kappa shape index (κ1) is 15.1. The Labute approximate surface area is 127 Å². The molecule has 0 fully saturated rings. The van der Waals surface area contributed by atoms with Gasteiger partial charge < -0.3 is 0 Å². The summed E-state index contributed by atoms with van der Waals surface area (Å²) in [6.45, 7) is 0. The molecule has 110 valence electrons. The summed E-state index contributed by atoms with van der Waals surface area (Å²) in [6.07, 6.45) is 2.89. The third-order valence-electron chi connectivity index (χ3n) is 2.56. The van der Waals surface area contributed by atoms with Gasteiger partial charge in [0.05, 0.1) is 12.4 Å². The van der Waals surface area contributed by atoms with Crippen molar-refractivity contribution in [3.8, 4) is 0 Å². The monoisotopic (exact) mass is 294 g/mol. The van der Waals surface area contributed by atoms with E-state index in [1.807, 2.05) is 60.7 Å². The molecule has 0 bridgehead atoms. The molecule has 0 aliphatic carbocycles. The first-order valence-corrected chi connectivity index (χ1v) is 6.52. The summed E-state index contributed by atoms with van der Waals surface area (Å²) in [7, 11) is 0. The smallest absolute Gasteiger partial charge is 0.262 e. The maximum Gasteiger partial charge on any atom is 0.331 e. The molecule has 2 rings (SSSR count). The van der Waals surface area contributed by atoms with Crippen LogP contribution in [-0.4, -0.2) is 24.2 Å². The van der Waals surface area contributed by atoms with Gasteiger partial charge >= 0.3 is 11.8 Å². The van der Waals surface area contributed by atoms with Crippen LogP contribution < -0.4 is 10.9 Å². The number of carbonyl (C=O) groups is 2. The molecule has 6 heteroatoms. The number of hydrazone groups is 2. The average molecular weight is 294 g/mol. The summed E-state index contributed by atoms with van der Waals surface area (Å²) in [6, 6.07) is 18.4. The summed E-state index contributed by atoms with van der Waals surface area (Å²) < 4.78 is 0. The van der Waals surface area contributed by atoms with Crippen molar-refractivity contribution >= 4 is 24.2 Å². The fourth-order valence-corrected chi connectivity index (χ4v) is 1.51. The van der Waals surface area contributed by atoms with Crippen LogP contribution in [0.15, 0.2) is 70.9 Å². The molecule has 0 radical (unpaired) electrons. The van der Waals surface area contributed by atoms with Crippen LogP contribution in [0.25, 0.3) is 0 Å². The van der Waals surface area contributed by atoms with Gasteiger partial charge in [0.15, 0.2) is 0 Å². The highest BCUT2D eigenvalue weighted by molar-refractivity contribution is 6.35. The van der Waals surface area contributed by atoms with Gasteiger partial charge in [-0.05, 0) is 11.1 Å². The molecule has 2 N–H and O–H groups in total. The molecule has 0 atom stereocenters. The zero-order valence-corrected chi connectivity index (χ0v) is 11.6. The normalized spacial score (nSPS) is 10.7. The lowest BCUT2D eigenvalue weighted by Crippen LogP contribution is -2.35. The number of nitrogens with zero attached hydrogens (tertiary/aromatic N) is 2. The molecule has 0 heterocycles. The van der Waals surface area contributed by atoms with Gasteiger partial charge in [-0.1, -0.05) is 60.7 Å². The van der Waals surface area contributed by atoms with Crippen molar-refractivity contribution in [1.82, 2.24) is 10.9 Å². The Kier molecular flexibility index (Phi) is 5.57. The van der Waals surface area contributed by atoms with E-state index in [0.29, 0.717) is 0 Å². The van der Waals surface area contributed by atoms with Gasteiger partial charge in [-0.3, -0.25) is 9.59 Å². The summed E-state index contributed by atoms with van der Waals surface area (Å²) >= 11 is 0. The molecule has 6 nitrogen and oxygen atoms in total. The third kappa shape index (κ3) is 5.01. The Hall–Kier alpha value is -3.28. The Morgan fingerprint density at radius 3 is 1.41 bits per heavy atom. The molecule has 0 aliphatic heterocycles. The topological polar surface area (TPSA) is 82.9 Å². The minimum Gasteiger partial charge on any atom is -0.262 e. The molecule has 2 aromatic carbocycles. The zero-order chi connectivity index (χ0) is 15.6.